The summed E-state index contributed by atoms with van der Waals surface area (Å²) >= 11 is 0. The lowest BCUT2D eigenvalue weighted by Gasteiger charge is -2.39. The number of anilines is 1. The van der Waals surface area contributed by atoms with Crippen molar-refractivity contribution in [2.75, 3.05) is 18.3 Å². The molecule has 0 aromatic heterocycles. The summed E-state index contributed by atoms with van der Waals surface area (Å²) in [7, 11) is -3.62. The lowest BCUT2D eigenvalue weighted by Crippen LogP contribution is -2.49. The Labute approximate surface area is 177 Å². The highest BCUT2D eigenvalue weighted by atomic mass is 28.4. The van der Waals surface area contributed by atoms with E-state index in [2.05, 4.69) is 53.5 Å². The van der Waals surface area contributed by atoms with Crippen LogP contribution in [0.5, 0.6) is 0 Å². The Morgan fingerprint density at radius 2 is 1.52 bits per heavy atom. The zero-order valence-electron chi connectivity index (χ0n) is 19.4. The maximum Gasteiger partial charge on any atom is 0.437 e. The van der Waals surface area contributed by atoms with E-state index in [0.717, 1.165) is 6.04 Å². The first-order valence-corrected chi connectivity index (χ1v) is 16.7. The summed E-state index contributed by atoms with van der Waals surface area (Å²) in [5.41, 5.74) is 0.954. The molecule has 0 fully saturated rings. The van der Waals surface area contributed by atoms with Crippen LogP contribution >= 0.6 is 0 Å². The molecule has 0 radical (unpaired) electrons. The van der Waals surface area contributed by atoms with Crippen LogP contribution in [0, 0.1) is 0 Å². The molecule has 1 rings (SSSR count). The van der Waals surface area contributed by atoms with Crippen LogP contribution in [0.1, 0.15) is 38.1 Å². The molecule has 0 unspecified atom stereocenters. The van der Waals surface area contributed by atoms with E-state index in [9.17, 15) is 9.59 Å². The van der Waals surface area contributed by atoms with Crippen LogP contribution < -0.4 is 5.06 Å². The molecule has 1 amide bonds. The van der Waals surface area contributed by atoms with Crippen molar-refractivity contribution in [3.63, 3.8) is 0 Å². The van der Waals surface area contributed by atoms with Crippen molar-refractivity contribution >= 4 is 34.1 Å². The second kappa shape index (κ2) is 9.91. The van der Waals surface area contributed by atoms with E-state index in [1.165, 1.54) is 5.06 Å². The smallest absolute Gasteiger partial charge is 0.437 e. The average Bonchev–Trinajstić information content (AvgIpc) is 2.58. The molecule has 0 aliphatic carbocycles. The molecule has 0 aliphatic rings. The molecular weight excluding hydrogens is 402 g/mol. The van der Waals surface area contributed by atoms with Crippen LogP contribution in [0.15, 0.2) is 24.3 Å². The number of nitrogens with zero attached hydrogens (tertiary/aromatic N) is 1. The molecule has 0 heterocycles. The highest BCUT2D eigenvalue weighted by Crippen LogP contribution is 2.38. The third-order valence-corrected chi connectivity index (χ3v) is 10.9. The minimum Gasteiger partial charge on any atom is -0.462 e. The van der Waals surface area contributed by atoms with Gasteiger partial charge in [0, 0.05) is 8.07 Å². The zero-order chi connectivity index (χ0) is 22.5. The zero-order valence-corrected chi connectivity index (χ0v) is 21.4. The van der Waals surface area contributed by atoms with Gasteiger partial charge in [-0.25, -0.2) is 9.59 Å². The fraction of sp³-hybridized carbons (Fsp3) is 0.619. The summed E-state index contributed by atoms with van der Waals surface area (Å²) in [6.07, 6.45) is -0.531. The van der Waals surface area contributed by atoms with Gasteiger partial charge < -0.3 is 14.0 Å². The van der Waals surface area contributed by atoms with Crippen LogP contribution in [0.25, 0.3) is 0 Å². The number of hydrogen-bond acceptors (Lipinski definition) is 5. The number of ether oxygens (including phenoxy) is 2. The van der Waals surface area contributed by atoms with E-state index in [0.29, 0.717) is 24.5 Å². The predicted octanol–water partition coefficient (Wildman–Crippen LogP) is 6.08. The second-order valence-corrected chi connectivity index (χ2v) is 20.2. The molecule has 0 saturated heterocycles. The maximum atomic E-state index is 12.9. The van der Waals surface area contributed by atoms with Crippen LogP contribution in [-0.4, -0.2) is 41.7 Å². The van der Waals surface area contributed by atoms with Gasteiger partial charge in [0.2, 0.25) is 8.32 Å². The summed E-state index contributed by atoms with van der Waals surface area (Å²) in [5, 5.41) is 1.16. The van der Waals surface area contributed by atoms with Gasteiger partial charge in [-0.05, 0) is 55.4 Å². The van der Waals surface area contributed by atoms with E-state index in [1.54, 1.807) is 31.2 Å². The van der Waals surface area contributed by atoms with Gasteiger partial charge in [-0.2, -0.15) is 5.06 Å². The summed E-state index contributed by atoms with van der Waals surface area (Å²) < 4.78 is 16.8. The van der Waals surface area contributed by atoms with Gasteiger partial charge in [-0.3, -0.25) is 0 Å². The molecule has 0 aliphatic heterocycles. The van der Waals surface area contributed by atoms with E-state index < -0.39 is 28.5 Å². The van der Waals surface area contributed by atoms with Gasteiger partial charge in [0.15, 0.2) is 0 Å². The third-order valence-electron chi connectivity index (χ3n) is 4.98. The predicted molar refractivity (Wildman–Crippen MR) is 123 cm³/mol. The van der Waals surface area contributed by atoms with E-state index in [4.69, 9.17) is 14.0 Å². The summed E-state index contributed by atoms with van der Waals surface area (Å²) in [6.45, 7) is 19.6. The highest BCUT2D eigenvalue weighted by molar-refractivity contribution is 6.76. The van der Waals surface area contributed by atoms with Gasteiger partial charge in [0.1, 0.15) is 0 Å². The Kier molecular flexibility index (Phi) is 8.67. The number of rotatable bonds is 8. The van der Waals surface area contributed by atoms with Crippen molar-refractivity contribution in [2.24, 2.45) is 0 Å². The van der Waals surface area contributed by atoms with E-state index in [-0.39, 0.29) is 5.04 Å². The average molecular weight is 440 g/mol. The number of hydroxylamine groups is 1. The first-order valence-electron chi connectivity index (χ1n) is 10.1. The number of hydrogen-bond donors (Lipinski definition) is 0. The first-order chi connectivity index (χ1) is 13.2. The minimum atomic E-state index is -2.30. The molecule has 0 atom stereocenters. The molecule has 164 valence electrons. The topological polar surface area (TPSA) is 65.1 Å². The van der Waals surface area contributed by atoms with Gasteiger partial charge in [0.05, 0.1) is 24.5 Å². The molecule has 1 aromatic rings. The molecule has 6 nitrogen and oxygen atoms in total. The molecule has 0 spiro atoms. The molecule has 8 heteroatoms. The lowest BCUT2D eigenvalue weighted by molar-refractivity contribution is 0.0526. The first kappa shape index (κ1) is 25.4. The lowest BCUT2D eigenvalue weighted by atomic mass is 10.2. The van der Waals surface area contributed by atoms with Crippen molar-refractivity contribution in [2.45, 2.75) is 71.5 Å². The summed E-state index contributed by atoms with van der Waals surface area (Å²) in [4.78, 5) is 24.8. The van der Waals surface area contributed by atoms with Crippen LogP contribution in [0.4, 0.5) is 10.5 Å². The molecule has 1 aromatic carbocycles. The van der Waals surface area contributed by atoms with Crippen molar-refractivity contribution < 1.29 is 23.6 Å². The number of carbonyl (C=O) groups is 2. The van der Waals surface area contributed by atoms with Crippen molar-refractivity contribution in [3.05, 3.63) is 29.8 Å². The van der Waals surface area contributed by atoms with Crippen LogP contribution in [0.2, 0.25) is 43.8 Å². The molecule has 0 bridgehead atoms. The fourth-order valence-corrected chi connectivity index (χ4v) is 3.64. The van der Waals surface area contributed by atoms with Gasteiger partial charge >= 0.3 is 12.1 Å². The molecule has 29 heavy (non-hydrogen) atoms. The van der Waals surface area contributed by atoms with Gasteiger partial charge in [-0.1, -0.05) is 40.4 Å². The Hall–Kier alpha value is -1.65. The largest absolute Gasteiger partial charge is 0.462 e. The normalized spacial score (nSPS) is 12.4. The third kappa shape index (κ3) is 7.95. The van der Waals surface area contributed by atoms with Crippen molar-refractivity contribution in [1.29, 1.82) is 0 Å². The van der Waals surface area contributed by atoms with E-state index >= 15 is 0 Å². The number of benzene rings is 1. The van der Waals surface area contributed by atoms with Gasteiger partial charge in [-0.15, -0.1) is 0 Å². The monoisotopic (exact) mass is 439 g/mol. The van der Waals surface area contributed by atoms with Gasteiger partial charge in [0.25, 0.3) is 0 Å². The van der Waals surface area contributed by atoms with Crippen molar-refractivity contribution in [1.82, 2.24) is 0 Å². The summed E-state index contributed by atoms with van der Waals surface area (Å²) in [6, 6.07) is 7.50. The van der Waals surface area contributed by atoms with Crippen LogP contribution in [-0.2, 0) is 14.0 Å². The standard InChI is InChI=1S/C21H37NO5Si2/c1-10-25-19(23)17-11-13-18(14-12-17)22(27-29(8,9)21(2,3)4)20(24)26-15-16-28(5,6)7/h11-14H,10,15-16H2,1-9H3. The van der Waals surface area contributed by atoms with Crippen LogP contribution in [0.3, 0.4) is 0 Å². The molecule has 0 N–H and O–H groups in total. The molecule has 0 saturated carbocycles. The Morgan fingerprint density at radius 3 is 1.97 bits per heavy atom. The SMILES string of the molecule is CCOC(=O)c1ccc(N(O[Si](C)(C)C(C)(C)C)C(=O)OCC[Si](C)(C)C)cc1. The van der Waals surface area contributed by atoms with E-state index in [1.807, 2.05) is 0 Å². The Morgan fingerprint density at radius 1 is 0.966 bits per heavy atom. The molecular formula is C21H37NO5Si2. The number of esters is 1. The number of amides is 1. The minimum absolute atomic E-state index is 0.0886. The van der Waals surface area contributed by atoms with Crippen molar-refractivity contribution in [3.8, 4) is 0 Å². The second-order valence-electron chi connectivity index (χ2n) is 9.84. The quantitative estimate of drug-likeness (QED) is 0.279. The maximum absolute atomic E-state index is 12.9. The number of carbonyl (C=O) groups excluding carboxylic acids is 2. The fourth-order valence-electron chi connectivity index (χ4n) is 2.01. The highest BCUT2D eigenvalue weighted by Gasteiger charge is 2.41. The summed E-state index contributed by atoms with van der Waals surface area (Å²) in [5.74, 6) is -0.395. The Bertz CT molecular complexity index is 691. The Balaban J connectivity index is 3.10.